The van der Waals surface area contributed by atoms with E-state index >= 15 is 0 Å². The van der Waals surface area contributed by atoms with Crippen LogP contribution in [-0.2, 0) is 20.9 Å². The summed E-state index contributed by atoms with van der Waals surface area (Å²) in [7, 11) is 5.44. The normalized spacial score (nSPS) is 12.2. The molecule has 1 aromatic carbocycles. The van der Waals surface area contributed by atoms with E-state index in [2.05, 4.69) is 26.1 Å². The maximum absolute atomic E-state index is 12.8. The van der Waals surface area contributed by atoms with E-state index in [0.717, 1.165) is 11.3 Å². The number of methoxy groups -OCH3 is 1. The minimum atomic E-state index is -0.202. The average Bonchev–Trinajstić information content (AvgIpc) is 2.58. The van der Waals surface area contributed by atoms with E-state index in [1.54, 1.807) is 0 Å². The smallest absolute Gasteiger partial charge is 0.250 e. The van der Waals surface area contributed by atoms with Crippen LogP contribution in [0.4, 0.5) is 11.4 Å². The van der Waals surface area contributed by atoms with Gasteiger partial charge in [-0.1, -0.05) is 27.7 Å². The van der Waals surface area contributed by atoms with Crippen molar-refractivity contribution in [3.05, 3.63) is 23.8 Å². The van der Waals surface area contributed by atoms with Crippen LogP contribution in [0.1, 0.15) is 40.2 Å². The third-order valence-electron chi connectivity index (χ3n) is 4.69. The Bertz CT molecular complexity index is 642. The predicted molar refractivity (Wildman–Crippen MR) is 111 cm³/mol. The lowest BCUT2D eigenvalue weighted by atomic mass is 10.0. The molecule has 1 aromatic rings. The molecule has 0 aromatic heterocycles. The molecule has 0 heterocycles. The molecular formula is C21H35N3O3. The zero-order valence-electron chi connectivity index (χ0n) is 18.0. The van der Waals surface area contributed by atoms with Crippen molar-refractivity contribution in [1.29, 1.82) is 0 Å². The second-order valence-electron chi connectivity index (χ2n) is 7.82. The fraction of sp³-hybridized carbons (Fsp3) is 0.619. The van der Waals surface area contributed by atoms with Crippen LogP contribution in [0.3, 0.4) is 0 Å². The van der Waals surface area contributed by atoms with Crippen molar-refractivity contribution in [1.82, 2.24) is 4.90 Å². The van der Waals surface area contributed by atoms with Gasteiger partial charge < -0.3 is 19.9 Å². The molecule has 27 heavy (non-hydrogen) atoms. The van der Waals surface area contributed by atoms with Crippen LogP contribution in [0.15, 0.2) is 18.2 Å². The maximum atomic E-state index is 12.8. The molecule has 0 saturated heterocycles. The van der Waals surface area contributed by atoms with E-state index in [9.17, 15) is 9.59 Å². The minimum absolute atomic E-state index is 0.00705. The number of carbonyl (C=O) groups excluding carboxylic acids is 2. The zero-order chi connectivity index (χ0) is 20.7. The fourth-order valence-electron chi connectivity index (χ4n) is 2.85. The lowest BCUT2D eigenvalue weighted by Gasteiger charge is -2.34. The van der Waals surface area contributed by atoms with Crippen LogP contribution in [0.5, 0.6) is 0 Å². The molecule has 0 radical (unpaired) electrons. The monoisotopic (exact) mass is 377 g/mol. The Labute approximate surface area is 163 Å². The molecule has 0 aliphatic heterocycles. The first kappa shape index (κ1) is 23.0. The number of amides is 2. The van der Waals surface area contributed by atoms with Crippen molar-refractivity contribution in [2.24, 2.45) is 11.8 Å². The average molecular weight is 378 g/mol. The van der Waals surface area contributed by atoms with E-state index < -0.39 is 0 Å². The summed E-state index contributed by atoms with van der Waals surface area (Å²) in [5, 5.41) is 2.84. The van der Waals surface area contributed by atoms with Gasteiger partial charge in [0.25, 0.3) is 0 Å². The third-order valence-corrected chi connectivity index (χ3v) is 4.69. The first-order valence-electron chi connectivity index (χ1n) is 9.48. The van der Waals surface area contributed by atoms with Gasteiger partial charge in [0.2, 0.25) is 11.8 Å². The van der Waals surface area contributed by atoms with Gasteiger partial charge in [0, 0.05) is 51.1 Å². The molecule has 0 bridgehead atoms. The number of hydrogen-bond donors (Lipinski definition) is 1. The number of hydrogen-bond acceptors (Lipinski definition) is 4. The Balaban J connectivity index is 3.24. The highest BCUT2D eigenvalue weighted by atomic mass is 16.5. The number of benzene rings is 1. The van der Waals surface area contributed by atoms with Crippen molar-refractivity contribution in [2.75, 3.05) is 38.0 Å². The second-order valence-corrected chi connectivity index (χ2v) is 7.82. The molecule has 2 amide bonds. The van der Waals surface area contributed by atoms with E-state index in [0.29, 0.717) is 18.2 Å². The molecule has 0 unspecified atom stereocenters. The van der Waals surface area contributed by atoms with Gasteiger partial charge >= 0.3 is 0 Å². The Kier molecular flexibility index (Phi) is 8.76. The number of rotatable bonds is 9. The van der Waals surface area contributed by atoms with Crippen LogP contribution >= 0.6 is 0 Å². The third kappa shape index (κ3) is 6.54. The highest BCUT2D eigenvalue weighted by Gasteiger charge is 2.26. The molecule has 1 atom stereocenters. The minimum Gasteiger partial charge on any atom is -0.377 e. The van der Waals surface area contributed by atoms with E-state index in [-0.39, 0.29) is 30.4 Å². The quantitative estimate of drug-likeness (QED) is 0.717. The number of ether oxygens (including phenoxy) is 1. The Morgan fingerprint density at radius 1 is 1.11 bits per heavy atom. The summed E-state index contributed by atoms with van der Waals surface area (Å²) in [6.07, 6.45) is 0. The van der Waals surface area contributed by atoms with Crippen molar-refractivity contribution in [3.63, 3.8) is 0 Å². The molecule has 0 fully saturated rings. The molecule has 0 aliphatic rings. The molecule has 0 saturated carbocycles. The van der Waals surface area contributed by atoms with Crippen LogP contribution in [0.2, 0.25) is 0 Å². The van der Waals surface area contributed by atoms with Gasteiger partial charge in [0.15, 0.2) is 0 Å². The molecule has 6 nitrogen and oxygen atoms in total. The highest BCUT2D eigenvalue weighted by Crippen LogP contribution is 2.27. The molecule has 1 rings (SSSR count). The van der Waals surface area contributed by atoms with Gasteiger partial charge in [-0.25, -0.2) is 0 Å². The summed E-state index contributed by atoms with van der Waals surface area (Å²) in [6.45, 7) is 10.7. The van der Waals surface area contributed by atoms with Crippen molar-refractivity contribution >= 4 is 23.2 Å². The predicted octanol–water partition coefficient (Wildman–Crippen LogP) is 3.37. The molecule has 0 aliphatic carbocycles. The van der Waals surface area contributed by atoms with Crippen molar-refractivity contribution in [3.8, 4) is 0 Å². The number of nitrogens with one attached hydrogen (secondary N) is 1. The highest BCUT2D eigenvalue weighted by molar-refractivity contribution is 5.92. The van der Waals surface area contributed by atoms with Crippen LogP contribution in [0.25, 0.3) is 0 Å². The van der Waals surface area contributed by atoms with Gasteiger partial charge in [0.1, 0.15) is 6.61 Å². The van der Waals surface area contributed by atoms with Crippen LogP contribution < -0.4 is 10.2 Å². The second kappa shape index (κ2) is 10.3. The molecular weight excluding hydrogens is 342 g/mol. The van der Waals surface area contributed by atoms with Crippen molar-refractivity contribution in [2.45, 2.75) is 47.2 Å². The van der Waals surface area contributed by atoms with Gasteiger partial charge in [-0.3, -0.25) is 9.59 Å². The zero-order valence-corrected chi connectivity index (χ0v) is 18.0. The van der Waals surface area contributed by atoms with Crippen LogP contribution in [0, 0.1) is 11.8 Å². The lowest BCUT2D eigenvalue weighted by molar-refractivity contribution is -0.138. The number of anilines is 2. The Morgan fingerprint density at radius 3 is 2.22 bits per heavy atom. The SMILES string of the molecule is COCC(=O)Nc1ccc(N(C)C)c(CN(C(=O)C(C)C)[C@@H](C)C(C)C)c1. The Morgan fingerprint density at radius 2 is 1.74 bits per heavy atom. The molecule has 152 valence electrons. The molecule has 1 N–H and O–H groups in total. The Hall–Kier alpha value is -2.08. The van der Waals surface area contributed by atoms with E-state index in [4.69, 9.17) is 4.74 Å². The topological polar surface area (TPSA) is 61.9 Å². The van der Waals surface area contributed by atoms with Crippen molar-refractivity contribution < 1.29 is 14.3 Å². The molecule has 0 spiro atoms. The summed E-state index contributed by atoms with van der Waals surface area (Å²) < 4.78 is 4.88. The van der Waals surface area contributed by atoms with Gasteiger partial charge in [0.05, 0.1) is 0 Å². The summed E-state index contributed by atoms with van der Waals surface area (Å²) in [6, 6.07) is 5.89. The van der Waals surface area contributed by atoms with E-state index in [1.165, 1.54) is 7.11 Å². The summed E-state index contributed by atoms with van der Waals surface area (Å²) >= 11 is 0. The first-order chi connectivity index (χ1) is 12.6. The number of carbonyl (C=O) groups is 2. The lowest BCUT2D eigenvalue weighted by Crippen LogP contribution is -2.43. The standard InChI is InChI=1S/C21H35N3O3/c1-14(2)16(5)24(21(26)15(3)4)12-17-11-18(22-20(25)13-27-8)9-10-19(17)23(6)7/h9-11,14-16H,12-13H2,1-8H3,(H,22,25)/t16-/m0/s1. The molecule has 6 heteroatoms. The fourth-order valence-corrected chi connectivity index (χ4v) is 2.85. The summed E-state index contributed by atoms with van der Waals surface area (Å²) in [5.74, 6) is 0.208. The van der Waals surface area contributed by atoms with Gasteiger partial charge in [-0.2, -0.15) is 0 Å². The van der Waals surface area contributed by atoms with Gasteiger partial charge in [-0.05, 0) is 36.6 Å². The number of nitrogens with zero attached hydrogens (tertiary/aromatic N) is 2. The summed E-state index contributed by atoms with van der Waals surface area (Å²) in [5.41, 5.74) is 2.72. The largest absolute Gasteiger partial charge is 0.377 e. The van der Waals surface area contributed by atoms with Gasteiger partial charge in [-0.15, -0.1) is 0 Å². The first-order valence-corrected chi connectivity index (χ1v) is 9.48. The van der Waals surface area contributed by atoms with Crippen LogP contribution in [-0.4, -0.2) is 50.6 Å². The maximum Gasteiger partial charge on any atom is 0.250 e. The summed E-state index contributed by atoms with van der Waals surface area (Å²) in [4.78, 5) is 28.7. The van der Waals surface area contributed by atoms with E-state index in [1.807, 2.05) is 55.9 Å².